The summed E-state index contributed by atoms with van der Waals surface area (Å²) in [5.41, 5.74) is 3.85. The highest BCUT2D eigenvalue weighted by Crippen LogP contribution is 2.32. The van der Waals surface area contributed by atoms with Gasteiger partial charge in [0.2, 0.25) is 0 Å². The second-order valence-corrected chi connectivity index (χ2v) is 9.26. The van der Waals surface area contributed by atoms with Crippen molar-refractivity contribution >= 4 is 22.8 Å². The van der Waals surface area contributed by atoms with E-state index in [1.165, 1.54) is 0 Å². The maximum absolute atomic E-state index is 12.8. The van der Waals surface area contributed by atoms with E-state index in [2.05, 4.69) is 20.5 Å². The van der Waals surface area contributed by atoms with Gasteiger partial charge in [-0.15, -0.1) is 0 Å². The van der Waals surface area contributed by atoms with Gasteiger partial charge in [-0.1, -0.05) is 6.07 Å². The lowest BCUT2D eigenvalue weighted by atomic mass is 9.94. The summed E-state index contributed by atoms with van der Waals surface area (Å²) < 4.78 is 37.7. The number of benzene rings is 2. The first-order valence-corrected chi connectivity index (χ1v) is 12.0. The molecule has 0 radical (unpaired) electrons. The number of nitrogens with zero attached hydrogens (tertiary/aromatic N) is 2. The molecule has 4 aromatic rings. The number of carboxylic acid groups (broad SMARTS) is 1. The summed E-state index contributed by atoms with van der Waals surface area (Å²) in [6.07, 6.45) is 1.15. The van der Waals surface area contributed by atoms with Crippen LogP contribution in [0.1, 0.15) is 40.5 Å². The molecule has 39 heavy (non-hydrogen) atoms. The summed E-state index contributed by atoms with van der Waals surface area (Å²) in [6.45, 7) is 0.419. The van der Waals surface area contributed by atoms with Crippen LogP contribution in [0.5, 0.6) is 5.75 Å². The average Bonchev–Trinajstić information content (AvgIpc) is 3.55. The van der Waals surface area contributed by atoms with Crippen LogP contribution in [0.3, 0.4) is 0 Å². The quantitative estimate of drug-likeness (QED) is 0.309. The second kappa shape index (κ2) is 10.2. The molecule has 1 aliphatic heterocycles. The van der Waals surface area contributed by atoms with Gasteiger partial charge in [0.25, 0.3) is 11.5 Å². The molecule has 13 heteroatoms. The van der Waals surface area contributed by atoms with E-state index >= 15 is 0 Å². The molecule has 6 rings (SSSR count). The molecule has 1 saturated carbocycles. The van der Waals surface area contributed by atoms with Gasteiger partial charge < -0.3 is 20.1 Å². The van der Waals surface area contributed by atoms with Crippen LogP contribution in [-0.2, 0) is 11.2 Å². The number of aliphatic carboxylic acids is 1. The number of hydrogen-bond acceptors (Lipinski definition) is 6. The molecule has 2 aromatic heterocycles. The second-order valence-electron chi connectivity index (χ2n) is 9.26. The summed E-state index contributed by atoms with van der Waals surface area (Å²) >= 11 is 0. The van der Waals surface area contributed by atoms with Crippen LogP contribution in [0.25, 0.3) is 22.0 Å². The highest BCUT2D eigenvalue weighted by atomic mass is 19.4. The number of hydrogen-bond donors (Lipinski definition) is 4. The minimum absolute atomic E-state index is 0.0527. The molecule has 1 amide bonds. The van der Waals surface area contributed by atoms with E-state index in [-0.39, 0.29) is 17.4 Å². The Kier molecular flexibility index (Phi) is 6.81. The van der Waals surface area contributed by atoms with Gasteiger partial charge in [0.05, 0.1) is 29.6 Å². The Balaban J connectivity index is 0.000000392. The normalized spacial score (nSPS) is 16.4. The number of nitrogens with one attached hydrogen (secondary N) is 3. The number of carbonyl (C=O) groups is 2. The highest BCUT2D eigenvalue weighted by Gasteiger charge is 2.38. The molecule has 2 aromatic carbocycles. The van der Waals surface area contributed by atoms with Gasteiger partial charge in [0, 0.05) is 23.4 Å². The summed E-state index contributed by atoms with van der Waals surface area (Å²) in [6, 6.07) is 11.5. The maximum Gasteiger partial charge on any atom is 0.490 e. The Morgan fingerprint density at radius 2 is 1.87 bits per heavy atom. The number of aromatic nitrogens is 4. The van der Waals surface area contributed by atoms with Crippen LogP contribution in [0.15, 0.2) is 53.6 Å². The Bertz CT molecular complexity index is 1600. The van der Waals surface area contributed by atoms with E-state index < -0.39 is 12.1 Å². The molecule has 4 N–H and O–H groups in total. The van der Waals surface area contributed by atoms with Gasteiger partial charge in [0.1, 0.15) is 11.6 Å². The number of amides is 1. The molecule has 1 unspecified atom stereocenters. The van der Waals surface area contributed by atoms with E-state index in [0.717, 1.165) is 35.3 Å². The van der Waals surface area contributed by atoms with Gasteiger partial charge in [-0.2, -0.15) is 18.3 Å². The van der Waals surface area contributed by atoms with Crippen molar-refractivity contribution in [3.63, 3.8) is 0 Å². The number of H-pyrrole nitrogens is 2. The fourth-order valence-electron chi connectivity index (χ4n) is 4.15. The van der Waals surface area contributed by atoms with E-state index in [9.17, 15) is 22.8 Å². The van der Waals surface area contributed by atoms with Crippen LogP contribution in [0, 0.1) is 0 Å². The zero-order valence-electron chi connectivity index (χ0n) is 20.2. The molecule has 1 fully saturated rings. The minimum atomic E-state index is -5.08. The van der Waals surface area contributed by atoms with Crippen LogP contribution in [-0.4, -0.2) is 56.0 Å². The first-order chi connectivity index (χ1) is 18.6. The largest absolute Gasteiger partial charge is 0.493 e. The van der Waals surface area contributed by atoms with Crippen molar-refractivity contribution in [2.75, 3.05) is 6.61 Å². The average molecular weight is 541 g/mol. The molecular formula is C26H22F3N5O5. The molecule has 0 saturated heterocycles. The number of halogens is 3. The van der Waals surface area contributed by atoms with Gasteiger partial charge in [-0.25, -0.2) is 9.78 Å². The number of carboxylic acids is 1. The predicted molar refractivity (Wildman–Crippen MR) is 133 cm³/mol. The Morgan fingerprint density at radius 1 is 1.10 bits per heavy atom. The number of fused-ring (bicyclic) bond motifs is 2. The van der Waals surface area contributed by atoms with E-state index in [0.29, 0.717) is 41.4 Å². The number of carbonyl (C=O) groups excluding carboxylic acids is 1. The van der Waals surface area contributed by atoms with Crippen LogP contribution >= 0.6 is 0 Å². The van der Waals surface area contributed by atoms with Crippen LogP contribution in [0.2, 0.25) is 0 Å². The number of rotatable bonds is 4. The Morgan fingerprint density at radius 3 is 2.54 bits per heavy atom. The Labute approximate surface area is 218 Å². The summed E-state index contributed by atoms with van der Waals surface area (Å²) in [7, 11) is 0. The first-order valence-electron chi connectivity index (χ1n) is 12.0. The predicted octanol–water partition coefficient (Wildman–Crippen LogP) is 3.56. The third-order valence-corrected chi connectivity index (χ3v) is 6.33. The zero-order valence-corrected chi connectivity index (χ0v) is 20.2. The van der Waals surface area contributed by atoms with E-state index in [1.807, 2.05) is 30.3 Å². The molecule has 1 atom stereocenters. The van der Waals surface area contributed by atoms with Crippen molar-refractivity contribution < 1.29 is 32.6 Å². The van der Waals surface area contributed by atoms with Crippen molar-refractivity contribution in [2.24, 2.45) is 0 Å². The maximum atomic E-state index is 12.8. The fourth-order valence-corrected chi connectivity index (χ4v) is 4.15. The number of alkyl halides is 3. The standard InChI is InChI=1S/C24H21N5O3.C2HF3O2/c30-23(27-18-3-4-18)14-2-6-21-15(7-14)8-16(12-32-21)22-28-20-5-1-13(17-10-25-26-11-17)9-19(20)24(31)29-22;3-2(4,5)1(6)7/h1-2,5-7,9-11,16,18H,3-4,8,12H2,(H,25,26)(H,27,30)(H,28,29,31);(H,6,7). The SMILES string of the molecule is O=C(NC1CC1)c1ccc2c(c1)CC(c1nc3ccc(-c4cn[nH]c4)cc3c(=O)[nH]1)CO2.O=C(O)C(F)(F)F. The van der Waals surface area contributed by atoms with E-state index in [1.54, 1.807) is 18.5 Å². The molecular weight excluding hydrogens is 519 g/mol. The summed E-state index contributed by atoms with van der Waals surface area (Å²) in [5.74, 6) is -1.54. The molecule has 3 heterocycles. The van der Waals surface area contributed by atoms with Crippen LogP contribution in [0.4, 0.5) is 13.2 Å². The van der Waals surface area contributed by atoms with Crippen molar-refractivity contribution in [3.8, 4) is 16.9 Å². The first kappa shape index (κ1) is 25.9. The monoisotopic (exact) mass is 541 g/mol. The molecule has 10 nitrogen and oxygen atoms in total. The third kappa shape index (κ3) is 5.92. The lowest BCUT2D eigenvalue weighted by Crippen LogP contribution is -2.27. The van der Waals surface area contributed by atoms with Crippen molar-refractivity contribution in [2.45, 2.75) is 37.4 Å². The molecule has 1 aliphatic carbocycles. The van der Waals surface area contributed by atoms with E-state index in [4.69, 9.17) is 19.6 Å². The van der Waals surface area contributed by atoms with Crippen molar-refractivity contribution in [3.05, 3.63) is 76.1 Å². The molecule has 0 bridgehead atoms. The van der Waals surface area contributed by atoms with Crippen molar-refractivity contribution in [1.82, 2.24) is 25.5 Å². The summed E-state index contributed by atoms with van der Waals surface area (Å²) in [5, 5.41) is 17.4. The lowest BCUT2D eigenvalue weighted by Gasteiger charge is -2.25. The molecule has 0 spiro atoms. The third-order valence-electron chi connectivity index (χ3n) is 6.33. The van der Waals surface area contributed by atoms with Crippen molar-refractivity contribution in [1.29, 1.82) is 0 Å². The van der Waals surface area contributed by atoms with Gasteiger partial charge in [-0.05, 0) is 60.7 Å². The minimum Gasteiger partial charge on any atom is -0.493 e. The number of aromatic amines is 2. The van der Waals surface area contributed by atoms with Gasteiger partial charge in [0.15, 0.2) is 0 Å². The van der Waals surface area contributed by atoms with Gasteiger partial charge in [-0.3, -0.25) is 14.7 Å². The van der Waals surface area contributed by atoms with Crippen LogP contribution < -0.4 is 15.6 Å². The van der Waals surface area contributed by atoms with Gasteiger partial charge >= 0.3 is 12.1 Å². The number of ether oxygens (including phenoxy) is 1. The smallest absolute Gasteiger partial charge is 0.490 e. The molecule has 2 aliphatic rings. The molecule has 202 valence electrons. The highest BCUT2D eigenvalue weighted by molar-refractivity contribution is 5.95. The summed E-state index contributed by atoms with van der Waals surface area (Å²) in [4.78, 5) is 41.8. The fraction of sp³-hybridized carbons (Fsp3) is 0.269. The Hall–Kier alpha value is -4.68. The zero-order chi connectivity index (χ0) is 27.7. The lowest BCUT2D eigenvalue weighted by molar-refractivity contribution is -0.192. The topological polar surface area (TPSA) is 150 Å².